The number of aromatic nitrogens is 1. The molecule has 1 N–H and O–H groups in total. The lowest BCUT2D eigenvalue weighted by Gasteiger charge is -2.18. The molecule has 22 heavy (non-hydrogen) atoms. The zero-order valence-corrected chi connectivity index (χ0v) is 14.6. The lowest BCUT2D eigenvalue weighted by molar-refractivity contribution is 0.423. The summed E-state index contributed by atoms with van der Waals surface area (Å²) in [5.41, 5.74) is 3.45. The number of oxazole rings is 1. The van der Waals surface area contributed by atoms with Crippen LogP contribution >= 0.6 is 0 Å². The van der Waals surface area contributed by atoms with Crippen molar-refractivity contribution in [2.75, 3.05) is 0 Å². The minimum Gasteiger partial charge on any atom is -0.444 e. The summed E-state index contributed by atoms with van der Waals surface area (Å²) in [7, 11) is 0. The Balaban J connectivity index is 2.05. The summed E-state index contributed by atoms with van der Waals surface area (Å²) >= 11 is 0. The maximum atomic E-state index is 5.62. The lowest BCUT2D eigenvalue weighted by atomic mass is 9.87. The second kappa shape index (κ2) is 6.66. The molecule has 0 fully saturated rings. The molecule has 0 spiro atoms. The molecule has 120 valence electrons. The first kappa shape index (κ1) is 16.8. The van der Waals surface area contributed by atoms with Crippen molar-refractivity contribution in [3.8, 4) is 11.5 Å². The molecule has 1 aromatic carbocycles. The van der Waals surface area contributed by atoms with Crippen molar-refractivity contribution in [2.24, 2.45) is 5.92 Å². The van der Waals surface area contributed by atoms with Crippen LogP contribution in [0, 0.1) is 5.92 Å². The van der Waals surface area contributed by atoms with E-state index in [1.807, 2.05) is 0 Å². The van der Waals surface area contributed by atoms with Crippen molar-refractivity contribution in [3.05, 3.63) is 41.8 Å². The Morgan fingerprint density at radius 2 is 1.73 bits per heavy atom. The van der Waals surface area contributed by atoms with Crippen molar-refractivity contribution >= 4 is 0 Å². The highest BCUT2D eigenvalue weighted by molar-refractivity contribution is 5.54. The van der Waals surface area contributed by atoms with Crippen LogP contribution < -0.4 is 5.32 Å². The summed E-state index contributed by atoms with van der Waals surface area (Å²) in [5, 5.41) is 3.47. The van der Waals surface area contributed by atoms with E-state index < -0.39 is 0 Å². The van der Waals surface area contributed by atoms with Crippen LogP contribution in [0.3, 0.4) is 0 Å². The molecule has 0 amide bonds. The average Bonchev–Trinajstić information content (AvgIpc) is 2.92. The van der Waals surface area contributed by atoms with Gasteiger partial charge in [0.2, 0.25) is 5.89 Å². The van der Waals surface area contributed by atoms with Gasteiger partial charge in [0.15, 0.2) is 0 Å². The first-order valence-electron chi connectivity index (χ1n) is 8.06. The van der Waals surface area contributed by atoms with Crippen LogP contribution in [-0.2, 0) is 12.0 Å². The Hall–Kier alpha value is -1.61. The molecule has 0 aliphatic carbocycles. The Kier molecular flexibility index (Phi) is 5.07. The number of benzene rings is 1. The quantitative estimate of drug-likeness (QED) is 0.864. The van der Waals surface area contributed by atoms with Gasteiger partial charge in [-0.05, 0) is 36.0 Å². The van der Waals surface area contributed by atoms with Gasteiger partial charge in [0, 0.05) is 18.2 Å². The lowest BCUT2D eigenvalue weighted by Crippen LogP contribution is -2.30. The summed E-state index contributed by atoms with van der Waals surface area (Å²) < 4.78 is 5.62. The molecular weight excluding hydrogens is 272 g/mol. The Morgan fingerprint density at radius 3 is 2.27 bits per heavy atom. The van der Waals surface area contributed by atoms with Crippen molar-refractivity contribution in [1.82, 2.24) is 10.3 Å². The molecule has 1 atom stereocenters. The van der Waals surface area contributed by atoms with Gasteiger partial charge in [-0.15, -0.1) is 0 Å². The standard InChI is InChI=1S/C19H28N2O/c1-13(2)14(3)20-11-17-12-22-18(21-17)15-7-9-16(10-8-15)19(4,5)6/h7-10,12-14,20H,11H2,1-6H3. The van der Waals surface area contributed by atoms with E-state index in [-0.39, 0.29) is 5.41 Å². The van der Waals surface area contributed by atoms with E-state index in [1.54, 1.807) is 6.26 Å². The SMILES string of the molecule is CC(C)C(C)NCc1coc(-c2ccc(C(C)(C)C)cc2)n1. The van der Waals surface area contributed by atoms with Gasteiger partial charge in [-0.25, -0.2) is 4.98 Å². The molecule has 1 unspecified atom stereocenters. The summed E-state index contributed by atoms with van der Waals surface area (Å²) in [4.78, 5) is 4.57. The molecule has 1 heterocycles. The summed E-state index contributed by atoms with van der Waals surface area (Å²) in [6.07, 6.45) is 1.74. The number of nitrogens with one attached hydrogen (secondary N) is 1. The zero-order valence-electron chi connectivity index (χ0n) is 14.6. The first-order valence-corrected chi connectivity index (χ1v) is 8.06. The Morgan fingerprint density at radius 1 is 1.09 bits per heavy atom. The molecular formula is C19H28N2O. The van der Waals surface area contributed by atoms with Crippen LogP contribution in [0.5, 0.6) is 0 Å². The minimum atomic E-state index is 0.164. The molecule has 1 aromatic heterocycles. The van der Waals surface area contributed by atoms with Gasteiger partial charge in [0.05, 0.1) is 5.69 Å². The van der Waals surface area contributed by atoms with Crippen molar-refractivity contribution < 1.29 is 4.42 Å². The fourth-order valence-corrected chi connectivity index (χ4v) is 2.13. The molecule has 0 saturated carbocycles. The molecule has 0 aliphatic heterocycles. The van der Waals surface area contributed by atoms with E-state index in [0.717, 1.165) is 17.8 Å². The van der Waals surface area contributed by atoms with E-state index in [9.17, 15) is 0 Å². The Bertz CT molecular complexity index is 591. The van der Waals surface area contributed by atoms with Crippen LogP contribution in [0.25, 0.3) is 11.5 Å². The third-order valence-electron chi connectivity index (χ3n) is 4.15. The van der Waals surface area contributed by atoms with Gasteiger partial charge in [0.25, 0.3) is 0 Å². The highest BCUT2D eigenvalue weighted by Gasteiger charge is 2.14. The summed E-state index contributed by atoms with van der Waals surface area (Å²) in [6, 6.07) is 8.93. The highest BCUT2D eigenvalue weighted by Crippen LogP contribution is 2.25. The topological polar surface area (TPSA) is 38.1 Å². The maximum absolute atomic E-state index is 5.62. The maximum Gasteiger partial charge on any atom is 0.226 e. The van der Waals surface area contributed by atoms with Crippen molar-refractivity contribution in [2.45, 2.75) is 59.5 Å². The average molecular weight is 300 g/mol. The summed E-state index contributed by atoms with van der Waals surface area (Å²) in [6.45, 7) is 14.0. The van der Waals surface area contributed by atoms with Gasteiger partial charge in [-0.3, -0.25) is 0 Å². The third kappa shape index (κ3) is 4.20. The van der Waals surface area contributed by atoms with Gasteiger partial charge >= 0.3 is 0 Å². The van der Waals surface area contributed by atoms with Gasteiger partial charge in [0.1, 0.15) is 6.26 Å². The summed E-state index contributed by atoms with van der Waals surface area (Å²) in [5.74, 6) is 1.30. The van der Waals surface area contributed by atoms with Gasteiger partial charge in [-0.2, -0.15) is 0 Å². The number of hydrogen-bond acceptors (Lipinski definition) is 3. The monoisotopic (exact) mass is 300 g/mol. The van der Waals surface area contributed by atoms with Crippen LogP contribution in [0.1, 0.15) is 52.8 Å². The van der Waals surface area contributed by atoms with E-state index in [1.165, 1.54) is 5.56 Å². The molecule has 3 heteroatoms. The highest BCUT2D eigenvalue weighted by atomic mass is 16.3. The molecule has 2 aromatic rings. The third-order valence-corrected chi connectivity index (χ3v) is 4.15. The van der Waals surface area contributed by atoms with E-state index in [2.05, 4.69) is 76.1 Å². The molecule has 0 saturated heterocycles. The molecule has 0 radical (unpaired) electrons. The van der Waals surface area contributed by atoms with Gasteiger partial charge in [-0.1, -0.05) is 46.8 Å². The second-order valence-electron chi connectivity index (χ2n) is 7.38. The number of nitrogens with zero attached hydrogens (tertiary/aromatic N) is 1. The van der Waals surface area contributed by atoms with Crippen LogP contribution in [0.4, 0.5) is 0 Å². The van der Waals surface area contributed by atoms with Crippen LogP contribution in [0.2, 0.25) is 0 Å². The minimum absolute atomic E-state index is 0.164. The smallest absolute Gasteiger partial charge is 0.226 e. The molecule has 0 bridgehead atoms. The van der Waals surface area contributed by atoms with Crippen LogP contribution in [0.15, 0.2) is 34.9 Å². The zero-order chi connectivity index (χ0) is 16.3. The largest absolute Gasteiger partial charge is 0.444 e. The first-order chi connectivity index (χ1) is 10.3. The van der Waals surface area contributed by atoms with E-state index in [4.69, 9.17) is 4.42 Å². The normalized spacial score (nSPS) is 13.6. The van der Waals surface area contributed by atoms with Gasteiger partial charge < -0.3 is 9.73 Å². The molecule has 3 nitrogen and oxygen atoms in total. The predicted octanol–water partition coefficient (Wildman–Crippen LogP) is 4.77. The van der Waals surface area contributed by atoms with E-state index >= 15 is 0 Å². The van der Waals surface area contributed by atoms with Crippen LogP contribution in [-0.4, -0.2) is 11.0 Å². The fraction of sp³-hybridized carbons (Fsp3) is 0.526. The number of hydrogen-bond donors (Lipinski definition) is 1. The second-order valence-corrected chi connectivity index (χ2v) is 7.38. The van der Waals surface area contributed by atoms with Crippen molar-refractivity contribution in [1.29, 1.82) is 0 Å². The molecule has 0 aliphatic rings. The predicted molar refractivity (Wildman–Crippen MR) is 91.8 cm³/mol. The van der Waals surface area contributed by atoms with E-state index in [0.29, 0.717) is 17.9 Å². The van der Waals surface area contributed by atoms with Crippen molar-refractivity contribution in [3.63, 3.8) is 0 Å². The Labute approximate surface area is 134 Å². The fourth-order valence-electron chi connectivity index (χ4n) is 2.13. The number of rotatable bonds is 5. The molecule has 2 rings (SSSR count).